The average Bonchev–Trinajstić information content (AvgIpc) is 2.59. The van der Waals surface area contributed by atoms with E-state index in [9.17, 15) is 18.0 Å². The number of rotatable bonds is 6. The summed E-state index contributed by atoms with van der Waals surface area (Å²) in [5.74, 6) is 0.317. The Morgan fingerprint density at radius 3 is 2.65 bits per heavy atom. The Morgan fingerprint density at radius 2 is 2.04 bits per heavy atom. The number of halogens is 5. The topological polar surface area (TPSA) is 63.2 Å². The molecule has 0 saturated carbocycles. The highest BCUT2D eigenvalue weighted by molar-refractivity contribution is 9.10. The second-order valence-electron chi connectivity index (χ2n) is 5.08. The van der Waals surface area contributed by atoms with Gasteiger partial charge in [-0.25, -0.2) is 4.98 Å². The summed E-state index contributed by atoms with van der Waals surface area (Å²) in [4.78, 5) is 15.8. The quantitative estimate of drug-likeness (QED) is 0.639. The normalized spacial score (nSPS) is 11.2. The van der Waals surface area contributed by atoms with Crippen molar-refractivity contribution in [3.8, 4) is 5.75 Å². The zero-order valence-corrected chi connectivity index (χ0v) is 15.8. The first-order valence-electron chi connectivity index (χ1n) is 7.30. The number of nitrogens with one attached hydrogen (secondary N) is 2. The number of pyridine rings is 1. The van der Waals surface area contributed by atoms with Crippen LogP contribution in [0.3, 0.4) is 0 Å². The molecule has 1 aromatic carbocycles. The number of nitrogens with zero attached hydrogens (tertiary/aromatic N) is 1. The minimum Gasteiger partial charge on any atom is -0.497 e. The van der Waals surface area contributed by atoms with Crippen LogP contribution in [0.25, 0.3) is 0 Å². The molecule has 5 nitrogen and oxygen atoms in total. The molecule has 0 unspecified atom stereocenters. The third-order valence-electron chi connectivity index (χ3n) is 3.29. The van der Waals surface area contributed by atoms with E-state index in [1.165, 1.54) is 7.11 Å². The van der Waals surface area contributed by atoms with Crippen molar-refractivity contribution in [1.82, 2.24) is 10.3 Å². The maximum atomic E-state index is 12.6. The second-order valence-corrected chi connectivity index (χ2v) is 6.34. The molecule has 2 aromatic rings. The first-order valence-corrected chi connectivity index (χ1v) is 8.48. The maximum Gasteiger partial charge on any atom is 0.417 e. The first-order chi connectivity index (χ1) is 12.2. The molecule has 10 heteroatoms. The summed E-state index contributed by atoms with van der Waals surface area (Å²) < 4.78 is 43.4. The number of benzene rings is 1. The molecule has 0 aliphatic heterocycles. The first kappa shape index (κ1) is 20.3. The molecule has 0 aliphatic rings. The molecule has 0 spiro atoms. The fraction of sp³-hybridized carbons (Fsp3) is 0.250. The van der Waals surface area contributed by atoms with Crippen LogP contribution in [0.5, 0.6) is 5.75 Å². The number of alkyl halides is 3. The lowest BCUT2D eigenvalue weighted by Gasteiger charge is -2.12. The van der Waals surface area contributed by atoms with Gasteiger partial charge in [0.2, 0.25) is 0 Å². The van der Waals surface area contributed by atoms with E-state index in [4.69, 9.17) is 16.3 Å². The highest BCUT2D eigenvalue weighted by Crippen LogP contribution is 2.32. The summed E-state index contributed by atoms with van der Waals surface area (Å²) in [6.45, 7) is 0.437. The van der Waals surface area contributed by atoms with E-state index in [0.717, 1.165) is 6.07 Å². The standard InChI is InChI=1S/C16H14BrClF3N3O2/c1-26-10-2-3-12(17)11(7-10)15(25)23-5-4-22-14-13(18)6-9(8-24-14)16(19,20)21/h2-3,6-8H,4-5H2,1H3,(H,22,24)(H,23,25). The number of ether oxygens (including phenoxy) is 1. The van der Waals surface area contributed by atoms with Gasteiger partial charge in [-0.3, -0.25) is 4.79 Å². The number of aromatic nitrogens is 1. The summed E-state index contributed by atoms with van der Waals surface area (Å²) in [6.07, 6.45) is -3.81. The lowest BCUT2D eigenvalue weighted by molar-refractivity contribution is -0.137. The summed E-state index contributed by atoms with van der Waals surface area (Å²) in [5, 5.41) is 5.30. The summed E-state index contributed by atoms with van der Waals surface area (Å²) in [5.41, 5.74) is -0.528. The average molecular weight is 453 g/mol. The van der Waals surface area contributed by atoms with Gasteiger partial charge in [0.05, 0.1) is 23.3 Å². The lowest BCUT2D eigenvalue weighted by atomic mass is 10.2. The Morgan fingerprint density at radius 1 is 1.31 bits per heavy atom. The number of anilines is 1. The Hall–Kier alpha value is -2.00. The van der Waals surface area contributed by atoms with Gasteiger partial charge >= 0.3 is 6.18 Å². The molecule has 2 N–H and O–H groups in total. The molecular weight excluding hydrogens is 439 g/mol. The van der Waals surface area contributed by atoms with E-state index in [-0.39, 0.29) is 29.8 Å². The number of amides is 1. The summed E-state index contributed by atoms with van der Waals surface area (Å²) >= 11 is 9.08. The van der Waals surface area contributed by atoms with Crippen molar-refractivity contribution in [3.63, 3.8) is 0 Å². The molecule has 0 atom stereocenters. The van der Waals surface area contributed by atoms with Crippen LogP contribution in [-0.2, 0) is 6.18 Å². The molecule has 1 aromatic heterocycles. The molecular formula is C16H14BrClF3N3O2. The van der Waals surface area contributed by atoms with Crippen LogP contribution >= 0.6 is 27.5 Å². The maximum absolute atomic E-state index is 12.6. The minimum absolute atomic E-state index is 0.108. The molecule has 1 heterocycles. The predicted molar refractivity (Wildman–Crippen MR) is 95.8 cm³/mol. The van der Waals surface area contributed by atoms with Gasteiger partial charge in [-0.1, -0.05) is 11.6 Å². The minimum atomic E-state index is -4.51. The molecule has 1 amide bonds. The van der Waals surface area contributed by atoms with Gasteiger partial charge in [0, 0.05) is 23.8 Å². The lowest BCUT2D eigenvalue weighted by Crippen LogP contribution is -2.29. The summed E-state index contributed by atoms with van der Waals surface area (Å²) in [7, 11) is 1.50. The number of hydrogen-bond donors (Lipinski definition) is 2. The van der Waals surface area contributed by atoms with Gasteiger partial charge in [-0.2, -0.15) is 13.2 Å². The van der Waals surface area contributed by atoms with Crippen LogP contribution in [0.15, 0.2) is 34.9 Å². The van der Waals surface area contributed by atoms with Gasteiger partial charge < -0.3 is 15.4 Å². The van der Waals surface area contributed by atoms with Gasteiger partial charge in [0.15, 0.2) is 0 Å². The number of methoxy groups -OCH3 is 1. The van der Waals surface area contributed by atoms with Gasteiger partial charge in [0.1, 0.15) is 11.6 Å². The highest BCUT2D eigenvalue weighted by Gasteiger charge is 2.31. The van der Waals surface area contributed by atoms with E-state index < -0.39 is 11.7 Å². The SMILES string of the molecule is COc1ccc(Br)c(C(=O)NCCNc2ncc(C(F)(F)F)cc2Cl)c1. The molecule has 26 heavy (non-hydrogen) atoms. The van der Waals surface area contributed by atoms with Crippen molar-refractivity contribution in [2.45, 2.75) is 6.18 Å². The molecule has 0 saturated heterocycles. The van der Waals surface area contributed by atoms with Crippen LogP contribution < -0.4 is 15.4 Å². The van der Waals surface area contributed by atoms with Gasteiger partial charge in [0.25, 0.3) is 5.91 Å². The van der Waals surface area contributed by atoms with Crippen LogP contribution in [0.4, 0.5) is 19.0 Å². The van der Waals surface area contributed by atoms with Crippen molar-refractivity contribution in [2.75, 3.05) is 25.5 Å². The smallest absolute Gasteiger partial charge is 0.417 e. The number of carbonyl (C=O) groups is 1. The van der Waals surface area contributed by atoms with Crippen LogP contribution in [0.1, 0.15) is 15.9 Å². The Labute approximate surface area is 161 Å². The Balaban J connectivity index is 1.90. The number of carbonyl (C=O) groups excluding carboxylic acids is 1. The zero-order chi connectivity index (χ0) is 19.3. The Bertz CT molecular complexity index is 803. The van der Waals surface area contributed by atoms with E-state index in [1.807, 2.05) is 0 Å². The molecule has 140 valence electrons. The third-order valence-corrected chi connectivity index (χ3v) is 4.27. The second kappa shape index (κ2) is 8.59. The molecule has 0 fully saturated rings. The van der Waals surface area contributed by atoms with E-state index in [1.54, 1.807) is 18.2 Å². The fourth-order valence-corrected chi connectivity index (χ4v) is 2.64. The summed E-state index contributed by atoms with van der Waals surface area (Å²) in [6, 6.07) is 5.78. The van der Waals surface area contributed by atoms with E-state index in [2.05, 4.69) is 31.5 Å². The zero-order valence-electron chi connectivity index (χ0n) is 13.5. The van der Waals surface area contributed by atoms with Crippen molar-refractivity contribution in [1.29, 1.82) is 0 Å². The van der Waals surface area contributed by atoms with Crippen molar-refractivity contribution in [2.24, 2.45) is 0 Å². The molecule has 0 aliphatic carbocycles. The fourth-order valence-electron chi connectivity index (χ4n) is 1.98. The predicted octanol–water partition coefficient (Wildman–Crippen LogP) is 4.37. The molecule has 0 bridgehead atoms. The highest BCUT2D eigenvalue weighted by atomic mass is 79.9. The Kier molecular flexibility index (Phi) is 6.71. The van der Waals surface area contributed by atoms with Crippen LogP contribution in [-0.4, -0.2) is 31.1 Å². The van der Waals surface area contributed by atoms with Crippen LogP contribution in [0, 0.1) is 0 Å². The van der Waals surface area contributed by atoms with E-state index in [0.29, 0.717) is 22.0 Å². The van der Waals surface area contributed by atoms with Crippen molar-refractivity contribution < 1.29 is 22.7 Å². The van der Waals surface area contributed by atoms with Gasteiger partial charge in [-0.05, 0) is 40.2 Å². The van der Waals surface area contributed by atoms with Crippen molar-refractivity contribution >= 4 is 39.3 Å². The number of hydrogen-bond acceptors (Lipinski definition) is 4. The molecule has 0 radical (unpaired) electrons. The van der Waals surface area contributed by atoms with Crippen molar-refractivity contribution in [3.05, 3.63) is 51.1 Å². The van der Waals surface area contributed by atoms with Crippen LogP contribution in [0.2, 0.25) is 5.02 Å². The van der Waals surface area contributed by atoms with Gasteiger partial charge in [-0.15, -0.1) is 0 Å². The third kappa shape index (κ3) is 5.25. The molecule has 2 rings (SSSR count). The largest absolute Gasteiger partial charge is 0.497 e. The van der Waals surface area contributed by atoms with E-state index >= 15 is 0 Å². The monoisotopic (exact) mass is 451 g/mol.